The number of pyridine rings is 1. The molecule has 7 nitrogen and oxygen atoms in total. The van der Waals surface area contributed by atoms with Crippen LogP contribution in [-0.4, -0.2) is 62.9 Å². The molecule has 1 aromatic carbocycles. The van der Waals surface area contributed by atoms with Crippen LogP contribution in [0.4, 0.5) is 0 Å². The molecule has 39 heavy (non-hydrogen) atoms. The molecule has 1 aliphatic heterocycles. The van der Waals surface area contributed by atoms with Crippen LogP contribution < -0.4 is 0 Å². The molecule has 5 rings (SSSR count). The zero-order valence-electron chi connectivity index (χ0n) is 22.5. The molecule has 2 atom stereocenters. The number of aliphatic carboxylic acids is 2. The van der Waals surface area contributed by atoms with Crippen LogP contribution in [-0.2, 0) is 9.59 Å². The molecule has 208 valence electrons. The lowest BCUT2D eigenvalue weighted by atomic mass is 9.78. The summed E-state index contributed by atoms with van der Waals surface area (Å²) in [5.41, 5.74) is 3.97. The van der Waals surface area contributed by atoms with E-state index >= 15 is 0 Å². The summed E-state index contributed by atoms with van der Waals surface area (Å²) in [6.45, 7) is 5.29. The first kappa shape index (κ1) is 28.9. The van der Waals surface area contributed by atoms with Gasteiger partial charge in [-0.25, -0.2) is 9.59 Å². The van der Waals surface area contributed by atoms with Gasteiger partial charge in [-0.2, -0.15) is 0 Å². The van der Waals surface area contributed by atoms with Crippen molar-refractivity contribution < 1.29 is 24.9 Å². The fourth-order valence-corrected chi connectivity index (χ4v) is 6.88. The molecule has 2 aromatic heterocycles. The van der Waals surface area contributed by atoms with Gasteiger partial charge in [0.05, 0.1) is 6.10 Å². The van der Waals surface area contributed by atoms with Gasteiger partial charge in [0.25, 0.3) is 0 Å². The Morgan fingerprint density at radius 3 is 2.49 bits per heavy atom. The van der Waals surface area contributed by atoms with E-state index in [4.69, 9.17) is 19.8 Å². The van der Waals surface area contributed by atoms with Crippen molar-refractivity contribution in [3.05, 3.63) is 70.9 Å². The number of aromatic nitrogens is 1. The molecule has 3 aromatic rings. The Morgan fingerprint density at radius 2 is 1.85 bits per heavy atom. The second kappa shape index (κ2) is 13.8. The third-order valence-corrected chi connectivity index (χ3v) is 8.96. The lowest BCUT2D eigenvalue weighted by molar-refractivity contribution is -0.159. The van der Waals surface area contributed by atoms with Gasteiger partial charge in [-0.3, -0.25) is 9.88 Å². The first-order chi connectivity index (χ1) is 18.8. The standard InChI is InChI=1S/C29H36N2OS.C2H2O4/c1-21-20-24-10-7-11-25(29(24)33-21)22-13-17-31(18-14-22)19-15-26(27-12-5-6-16-30-27)28(32)23-8-3-2-4-9-23;3-1(4)2(5)6/h5-7,10-13,16,20,23,26,28,32H,2-4,8-9,14-15,17-19H2,1H3;(H,3,4)(H,5,6). The monoisotopic (exact) mass is 550 g/mol. The van der Waals surface area contributed by atoms with Gasteiger partial charge in [0, 0.05) is 40.5 Å². The number of nitrogens with zero attached hydrogens (tertiary/aromatic N) is 2. The van der Waals surface area contributed by atoms with E-state index in [9.17, 15) is 5.11 Å². The second-order valence-electron chi connectivity index (χ2n) is 10.5. The van der Waals surface area contributed by atoms with Crippen LogP contribution in [0.2, 0.25) is 0 Å². The number of aliphatic hydroxyl groups excluding tert-OH is 1. The predicted octanol–water partition coefficient (Wildman–Crippen LogP) is 5.96. The van der Waals surface area contributed by atoms with Crippen LogP contribution in [0.25, 0.3) is 15.7 Å². The van der Waals surface area contributed by atoms with Gasteiger partial charge in [0.15, 0.2) is 0 Å². The second-order valence-corrected chi connectivity index (χ2v) is 11.8. The molecule has 0 saturated heterocycles. The van der Waals surface area contributed by atoms with E-state index in [2.05, 4.69) is 59.3 Å². The third kappa shape index (κ3) is 7.75. The summed E-state index contributed by atoms with van der Waals surface area (Å²) in [6.07, 6.45) is 12.2. The minimum atomic E-state index is -1.82. The van der Waals surface area contributed by atoms with E-state index < -0.39 is 11.9 Å². The number of aryl methyl sites for hydroxylation is 1. The Bertz CT molecular complexity index is 1270. The van der Waals surface area contributed by atoms with Gasteiger partial charge in [-0.15, -0.1) is 11.3 Å². The Balaban J connectivity index is 0.000000531. The average molecular weight is 551 g/mol. The summed E-state index contributed by atoms with van der Waals surface area (Å²) in [4.78, 5) is 26.8. The van der Waals surface area contributed by atoms with Crippen molar-refractivity contribution in [2.45, 2.75) is 63.9 Å². The summed E-state index contributed by atoms with van der Waals surface area (Å²) >= 11 is 1.91. The Labute approximate surface area is 233 Å². The fraction of sp³-hybridized carbons (Fsp3) is 0.452. The molecule has 2 aliphatic rings. The molecule has 1 fully saturated rings. The van der Waals surface area contributed by atoms with Crippen molar-refractivity contribution in [1.29, 1.82) is 0 Å². The number of hydrogen-bond donors (Lipinski definition) is 3. The van der Waals surface area contributed by atoms with Crippen molar-refractivity contribution in [3.8, 4) is 0 Å². The lowest BCUT2D eigenvalue weighted by Gasteiger charge is -2.34. The van der Waals surface area contributed by atoms with Crippen molar-refractivity contribution in [1.82, 2.24) is 9.88 Å². The molecule has 3 N–H and O–H groups in total. The zero-order valence-corrected chi connectivity index (χ0v) is 23.3. The largest absolute Gasteiger partial charge is 0.473 e. The van der Waals surface area contributed by atoms with Crippen LogP contribution in [0.5, 0.6) is 0 Å². The highest BCUT2D eigenvalue weighted by molar-refractivity contribution is 7.19. The number of benzene rings is 1. The number of hydrogen-bond acceptors (Lipinski definition) is 6. The SMILES string of the molecule is Cc1cc2cccc(C3=CCN(CCC(c4ccccn4)C(O)C4CCCCC4)CC3)c2s1.O=C(O)C(=O)O. The Kier molecular flexibility index (Phi) is 10.3. The molecule has 0 amide bonds. The molecule has 1 aliphatic carbocycles. The van der Waals surface area contributed by atoms with E-state index in [1.807, 2.05) is 23.6 Å². The summed E-state index contributed by atoms with van der Waals surface area (Å²) in [7, 11) is 0. The molecule has 8 heteroatoms. The minimum Gasteiger partial charge on any atom is -0.473 e. The van der Waals surface area contributed by atoms with Gasteiger partial charge < -0.3 is 15.3 Å². The molecule has 0 spiro atoms. The summed E-state index contributed by atoms with van der Waals surface area (Å²) in [6, 6.07) is 15.2. The van der Waals surface area contributed by atoms with Crippen LogP contribution in [0, 0.1) is 12.8 Å². The normalized spacial score (nSPS) is 18.1. The number of carboxylic acids is 2. The summed E-state index contributed by atoms with van der Waals surface area (Å²) in [5, 5.41) is 27.5. The maximum absolute atomic E-state index is 11.3. The third-order valence-electron chi connectivity index (χ3n) is 7.86. The van der Waals surface area contributed by atoms with Crippen molar-refractivity contribution >= 4 is 38.9 Å². The fourth-order valence-electron chi connectivity index (χ4n) is 5.82. The van der Waals surface area contributed by atoms with Crippen LogP contribution in [0.3, 0.4) is 0 Å². The minimum absolute atomic E-state index is 0.127. The zero-order chi connectivity index (χ0) is 27.8. The first-order valence-corrected chi connectivity index (χ1v) is 14.6. The highest BCUT2D eigenvalue weighted by Gasteiger charge is 2.31. The van der Waals surface area contributed by atoms with Gasteiger partial charge >= 0.3 is 11.9 Å². The van der Waals surface area contributed by atoms with Crippen LogP contribution in [0.15, 0.2) is 54.7 Å². The van der Waals surface area contributed by atoms with Gasteiger partial charge in [0.1, 0.15) is 0 Å². The number of carbonyl (C=O) groups is 2. The van der Waals surface area contributed by atoms with Crippen molar-refractivity contribution in [2.75, 3.05) is 19.6 Å². The maximum Gasteiger partial charge on any atom is 0.414 e. The Hall–Kier alpha value is -3.07. The molecular weight excluding hydrogens is 512 g/mol. The van der Waals surface area contributed by atoms with E-state index in [1.165, 1.54) is 45.4 Å². The van der Waals surface area contributed by atoms with E-state index in [1.54, 1.807) is 0 Å². The van der Waals surface area contributed by atoms with Gasteiger partial charge in [-0.05, 0) is 79.8 Å². The molecular formula is C31H38N2O5S. The number of thiophene rings is 1. The summed E-state index contributed by atoms with van der Waals surface area (Å²) in [5.74, 6) is -3.10. The van der Waals surface area contributed by atoms with Gasteiger partial charge in [-0.1, -0.05) is 49.6 Å². The highest BCUT2D eigenvalue weighted by atomic mass is 32.1. The first-order valence-electron chi connectivity index (χ1n) is 13.8. The quantitative estimate of drug-likeness (QED) is 0.311. The maximum atomic E-state index is 11.3. The smallest absolute Gasteiger partial charge is 0.414 e. The van der Waals surface area contributed by atoms with E-state index in [0.717, 1.165) is 51.0 Å². The number of aliphatic hydroxyl groups is 1. The molecule has 0 bridgehead atoms. The average Bonchev–Trinajstić information content (AvgIpc) is 3.35. The number of rotatable bonds is 7. The Morgan fingerprint density at radius 1 is 1.08 bits per heavy atom. The number of carboxylic acid groups (broad SMARTS) is 2. The topological polar surface area (TPSA) is 111 Å². The van der Waals surface area contributed by atoms with Crippen LogP contribution >= 0.6 is 11.3 Å². The van der Waals surface area contributed by atoms with E-state index in [-0.39, 0.29) is 12.0 Å². The van der Waals surface area contributed by atoms with Gasteiger partial charge in [0.2, 0.25) is 0 Å². The molecule has 1 saturated carbocycles. The predicted molar refractivity (Wildman–Crippen MR) is 155 cm³/mol. The van der Waals surface area contributed by atoms with Crippen molar-refractivity contribution in [3.63, 3.8) is 0 Å². The molecule has 0 radical (unpaired) electrons. The van der Waals surface area contributed by atoms with Crippen LogP contribution in [0.1, 0.15) is 67.0 Å². The number of fused-ring (bicyclic) bond motifs is 1. The lowest BCUT2D eigenvalue weighted by Crippen LogP contribution is -2.35. The summed E-state index contributed by atoms with van der Waals surface area (Å²) < 4.78 is 1.43. The van der Waals surface area contributed by atoms with Crippen molar-refractivity contribution in [2.24, 2.45) is 5.92 Å². The molecule has 2 unspecified atom stereocenters. The molecule has 3 heterocycles. The highest BCUT2D eigenvalue weighted by Crippen LogP contribution is 2.36. The van der Waals surface area contributed by atoms with E-state index in [0.29, 0.717) is 5.92 Å².